The number of benzene rings is 3. The SMILES string of the molecule is COC(=O)C1=C(C)N=c2s/c(=C/c3ccc(OCc4ccccc4)cc3)c(=O)n2[C@@H]1c1ccc(OC)cc1. The molecular formula is C30H26N2O5S. The van der Waals surface area contributed by atoms with Crippen molar-refractivity contribution in [1.82, 2.24) is 4.57 Å². The summed E-state index contributed by atoms with van der Waals surface area (Å²) in [6.45, 7) is 2.24. The second kappa shape index (κ2) is 10.9. The molecule has 1 aromatic heterocycles. The molecule has 0 bridgehead atoms. The molecule has 4 aromatic rings. The van der Waals surface area contributed by atoms with E-state index in [-0.39, 0.29) is 5.56 Å². The van der Waals surface area contributed by atoms with Crippen molar-refractivity contribution in [2.75, 3.05) is 14.2 Å². The molecule has 7 nitrogen and oxygen atoms in total. The zero-order valence-electron chi connectivity index (χ0n) is 21.2. The summed E-state index contributed by atoms with van der Waals surface area (Å²) >= 11 is 1.29. The Labute approximate surface area is 223 Å². The second-order valence-corrected chi connectivity index (χ2v) is 9.70. The molecule has 1 aliphatic rings. The van der Waals surface area contributed by atoms with Crippen LogP contribution in [0.25, 0.3) is 6.08 Å². The number of thiazole rings is 1. The van der Waals surface area contributed by atoms with Gasteiger partial charge in [0, 0.05) is 0 Å². The van der Waals surface area contributed by atoms with Crippen LogP contribution >= 0.6 is 11.3 Å². The van der Waals surface area contributed by atoms with E-state index >= 15 is 0 Å². The minimum atomic E-state index is -0.666. The normalized spacial score (nSPS) is 15.0. The van der Waals surface area contributed by atoms with Crippen LogP contribution in [0.5, 0.6) is 11.5 Å². The Hall–Kier alpha value is -4.43. The van der Waals surface area contributed by atoms with Crippen LogP contribution in [-0.4, -0.2) is 24.8 Å². The number of esters is 1. The summed E-state index contributed by atoms with van der Waals surface area (Å²) in [6.07, 6.45) is 1.83. The number of aromatic nitrogens is 1. The van der Waals surface area contributed by atoms with Crippen molar-refractivity contribution in [3.05, 3.63) is 127 Å². The Morgan fingerprint density at radius 1 is 0.974 bits per heavy atom. The van der Waals surface area contributed by atoms with E-state index in [1.807, 2.05) is 72.8 Å². The van der Waals surface area contributed by atoms with Crippen LogP contribution in [0, 0.1) is 0 Å². The van der Waals surface area contributed by atoms with Gasteiger partial charge in [0.2, 0.25) is 0 Å². The van der Waals surface area contributed by atoms with E-state index in [1.165, 1.54) is 18.4 Å². The molecule has 5 rings (SSSR count). The fraction of sp³-hybridized carbons (Fsp3) is 0.167. The first-order chi connectivity index (χ1) is 18.5. The average molecular weight is 527 g/mol. The number of fused-ring (bicyclic) bond motifs is 1. The zero-order chi connectivity index (χ0) is 26.6. The number of carbonyl (C=O) groups excluding carboxylic acids is 1. The largest absolute Gasteiger partial charge is 0.497 e. The molecule has 0 amide bonds. The third-order valence-electron chi connectivity index (χ3n) is 6.28. The molecular weight excluding hydrogens is 500 g/mol. The van der Waals surface area contributed by atoms with Crippen molar-refractivity contribution < 1.29 is 19.0 Å². The number of hydrogen-bond donors (Lipinski definition) is 0. The molecule has 0 N–H and O–H groups in total. The fourth-order valence-electron chi connectivity index (χ4n) is 4.35. The van der Waals surface area contributed by atoms with E-state index in [2.05, 4.69) is 4.99 Å². The van der Waals surface area contributed by atoms with E-state index < -0.39 is 12.0 Å². The Balaban J connectivity index is 1.51. The number of methoxy groups -OCH3 is 2. The lowest BCUT2D eigenvalue weighted by Crippen LogP contribution is -2.39. The third kappa shape index (κ3) is 5.03. The topological polar surface area (TPSA) is 79.1 Å². The first kappa shape index (κ1) is 25.2. The predicted octanol–water partition coefficient (Wildman–Crippen LogP) is 4.00. The Bertz CT molecular complexity index is 1670. The molecule has 38 heavy (non-hydrogen) atoms. The summed E-state index contributed by atoms with van der Waals surface area (Å²) in [7, 11) is 2.91. The summed E-state index contributed by atoms with van der Waals surface area (Å²) < 4.78 is 18.3. The average Bonchev–Trinajstić information content (AvgIpc) is 3.26. The zero-order valence-corrected chi connectivity index (χ0v) is 22.0. The second-order valence-electron chi connectivity index (χ2n) is 8.69. The molecule has 0 saturated carbocycles. The van der Waals surface area contributed by atoms with Crippen molar-refractivity contribution in [2.24, 2.45) is 4.99 Å². The maximum Gasteiger partial charge on any atom is 0.338 e. The van der Waals surface area contributed by atoms with Gasteiger partial charge in [-0.05, 0) is 54.0 Å². The highest BCUT2D eigenvalue weighted by Crippen LogP contribution is 2.31. The lowest BCUT2D eigenvalue weighted by molar-refractivity contribution is -0.136. The maximum atomic E-state index is 13.7. The van der Waals surface area contributed by atoms with E-state index in [0.29, 0.717) is 33.0 Å². The van der Waals surface area contributed by atoms with Gasteiger partial charge in [-0.25, -0.2) is 9.79 Å². The van der Waals surface area contributed by atoms with Crippen LogP contribution in [0.3, 0.4) is 0 Å². The summed E-state index contributed by atoms with van der Waals surface area (Å²) in [5.41, 5.74) is 3.32. The molecule has 0 saturated heterocycles. The third-order valence-corrected chi connectivity index (χ3v) is 7.27. The number of ether oxygens (including phenoxy) is 3. The number of nitrogens with zero attached hydrogens (tertiary/aromatic N) is 2. The van der Waals surface area contributed by atoms with Gasteiger partial charge in [0.25, 0.3) is 5.56 Å². The van der Waals surface area contributed by atoms with Crippen molar-refractivity contribution in [1.29, 1.82) is 0 Å². The number of carbonyl (C=O) groups is 1. The van der Waals surface area contributed by atoms with Gasteiger partial charge in [-0.1, -0.05) is 65.9 Å². The Morgan fingerprint density at radius 2 is 1.66 bits per heavy atom. The van der Waals surface area contributed by atoms with E-state index in [0.717, 1.165) is 22.4 Å². The maximum absolute atomic E-state index is 13.7. The predicted molar refractivity (Wildman–Crippen MR) is 146 cm³/mol. The van der Waals surface area contributed by atoms with Crippen molar-refractivity contribution in [3.8, 4) is 11.5 Å². The first-order valence-electron chi connectivity index (χ1n) is 12.0. The molecule has 1 atom stereocenters. The van der Waals surface area contributed by atoms with Crippen molar-refractivity contribution >= 4 is 23.4 Å². The summed E-state index contributed by atoms with van der Waals surface area (Å²) in [5, 5.41) is 0. The highest BCUT2D eigenvalue weighted by molar-refractivity contribution is 7.07. The standard InChI is InChI=1S/C30H26N2O5S/c1-19-26(29(34)36-3)27(22-11-15-23(35-2)16-12-22)32-28(33)25(38-30(32)31-19)17-20-9-13-24(14-10-20)37-18-21-7-5-4-6-8-21/h4-17,27H,18H2,1-3H3/b25-17+/t27-/m1/s1. The molecule has 1 aliphatic heterocycles. The Morgan fingerprint density at radius 3 is 2.32 bits per heavy atom. The lowest BCUT2D eigenvalue weighted by Gasteiger charge is -2.24. The van der Waals surface area contributed by atoms with Gasteiger partial charge in [-0.2, -0.15) is 0 Å². The summed E-state index contributed by atoms with van der Waals surface area (Å²) in [6, 6.07) is 24.2. The molecule has 192 valence electrons. The fourth-order valence-corrected chi connectivity index (χ4v) is 5.39. The van der Waals surface area contributed by atoms with Gasteiger partial charge < -0.3 is 14.2 Å². The van der Waals surface area contributed by atoms with Gasteiger partial charge in [-0.15, -0.1) is 0 Å². The van der Waals surface area contributed by atoms with Crippen LogP contribution in [0.4, 0.5) is 0 Å². The smallest absolute Gasteiger partial charge is 0.338 e. The highest BCUT2D eigenvalue weighted by Gasteiger charge is 2.33. The van der Waals surface area contributed by atoms with Crippen molar-refractivity contribution in [2.45, 2.75) is 19.6 Å². The minimum absolute atomic E-state index is 0.229. The van der Waals surface area contributed by atoms with Crippen LogP contribution < -0.4 is 24.4 Å². The summed E-state index contributed by atoms with van der Waals surface area (Å²) in [4.78, 5) is 31.6. The molecule has 8 heteroatoms. The van der Waals surface area contributed by atoms with Gasteiger partial charge in [0.1, 0.15) is 18.1 Å². The molecule has 3 aromatic carbocycles. The molecule has 0 aliphatic carbocycles. The van der Waals surface area contributed by atoms with Gasteiger partial charge in [0.15, 0.2) is 4.80 Å². The van der Waals surface area contributed by atoms with Crippen LogP contribution in [0.1, 0.15) is 29.7 Å². The highest BCUT2D eigenvalue weighted by atomic mass is 32.1. The lowest BCUT2D eigenvalue weighted by atomic mass is 9.96. The van der Waals surface area contributed by atoms with E-state index in [9.17, 15) is 9.59 Å². The minimum Gasteiger partial charge on any atom is -0.497 e. The quantitative estimate of drug-likeness (QED) is 0.340. The van der Waals surface area contributed by atoms with Gasteiger partial charge >= 0.3 is 5.97 Å². The number of allylic oxidation sites excluding steroid dienone is 1. The number of hydrogen-bond acceptors (Lipinski definition) is 7. The van der Waals surface area contributed by atoms with Crippen LogP contribution in [0.15, 0.2) is 99.9 Å². The van der Waals surface area contributed by atoms with Crippen LogP contribution in [-0.2, 0) is 16.1 Å². The summed E-state index contributed by atoms with van der Waals surface area (Å²) in [5.74, 6) is 0.899. The van der Waals surface area contributed by atoms with Gasteiger partial charge in [0.05, 0.1) is 36.1 Å². The first-order valence-corrected chi connectivity index (χ1v) is 12.8. The van der Waals surface area contributed by atoms with E-state index in [4.69, 9.17) is 14.2 Å². The van der Waals surface area contributed by atoms with Gasteiger partial charge in [-0.3, -0.25) is 9.36 Å². The molecule has 2 heterocycles. The van der Waals surface area contributed by atoms with Crippen molar-refractivity contribution in [3.63, 3.8) is 0 Å². The van der Waals surface area contributed by atoms with E-state index in [1.54, 1.807) is 30.7 Å². The molecule has 0 unspecified atom stereocenters. The Kier molecular flexibility index (Phi) is 7.24. The molecule has 0 spiro atoms. The molecule has 0 radical (unpaired) electrons. The monoisotopic (exact) mass is 526 g/mol. The number of rotatable bonds is 7. The van der Waals surface area contributed by atoms with Crippen LogP contribution in [0.2, 0.25) is 0 Å². The molecule has 0 fully saturated rings.